The lowest BCUT2D eigenvalue weighted by Crippen LogP contribution is -2.03. The molecule has 0 aromatic rings. The van der Waals surface area contributed by atoms with Crippen LogP contribution in [0, 0.1) is 17.3 Å². The number of hydrogen-bond donors (Lipinski definition) is 1. The van der Waals surface area contributed by atoms with Crippen molar-refractivity contribution in [3.63, 3.8) is 0 Å². The van der Waals surface area contributed by atoms with Crippen LogP contribution in [0.1, 0.15) is 33.6 Å². The van der Waals surface area contributed by atoms with Crippen LogP contribution in [0.25, 0.3) is 0 Å². The number of hydrogen-bond acceptors (Lipinski definition) is 1. The van der Waals surface area contributed by atoms with Crippen molar-refractivity contribution in [2.24, 2.45) is 17.3 Å². The van der Waals surface area contributed by atoms with E-state index in [-0.39, 0.29) is 11.3 Å². The average Bonchev–Trinajstić information content (AvgIpc) is 2.35. The zero-order valence-corrected chi connectivity index (χ0v) is 7.42. The summed E-state index contributed by atoms with van der Waals surface area (Å²) >= 11 is 0. The van der Waals surface area contributed by atoms with Gasteiger partial charge in [-0.25, -0.2) is 0 Å². The van der Waals surface area contributed by atoms with E-state index >= 15 is 0 Å². The minimum atomic E-state index is -0.617. The van der Waals surface area contributed by atoms with Crippen LogP contribution in [0.2, 0.25) is 0 Å². The van der Waals surface area contributed by atoms with Crippen molar-refractivity contribution in [1.82, 2.24) is 0 Å². The van der Waals surface area contributed by atoms with Gasteiger partial charge in [0, 0.05) is 0 Å². The number of carboxylic acid groups (broad SMARTS) is 1. The molecule has 1 aliphatic rings. The second kappa shape index (κ2) is 2.50. The highest BCUT2D eigenvalue weighted by atomic mass is 16.4. The van der Waals surface area contributed by atoms with E-state index in [0.29, 0.717) is 5.92 Å². The highest BCUT2D eigenvalue weighted by Crippen LogP contribution is 2.60. The smallest absolute Gasteiger partial charge is 0.307 e. The molecule has 0 bridgehead atoms. The Morgan fingerprint density at radius 3 is 2.36 bits per heavy atom. The van der Waals surface area contributed by atoms with Gasteiger partial charge in [0.25, 0.3) is 0 Å². The summed E-state index contributed by atoms with van der Waals surface area (Å²) in [6.45, 7) is 6.20. The van der Waals surface area contributed by atoms with E-state index < -0.39 is 5.97 Å². The van der Waals surface area contributed by atoms with Crippen molar-refractivity contribution in [3.05, 3.63) is 0 Å². The summed E-state index contributed by atoms with van der Waals surface area (Å²) < 4.78 is 0. The molecule has 0 saturated heterocycles. The molecule has 2 unspecified atom stereocenters. The summed E-state index contributed by atoms with van der Waals surface area (Å²) in [5, 5.41) is 8.79. The Kier molecular flexibility index (Phi) is 1.95. The van der Waals surface area contributed by atoms with E-state index in [4.69, 9.17) is 5.11 Å². The van der Waals surface area contributed by atoms with Gasteiger partial charge < -0.3 is 5.11 Å². The predicted molar refractivity (Wildman–Crippen MR) is 43.3 cm³/mol. The van der Waals surface area contributed by atoms with E-state index in [2.05, 4.69) is 6.92 Å². The molecule has 0 radical (unpaired) electrons. The third-order valence-corrected chi connectivity index (χ3v) is 2.92. The lowest BCUT2D eigenvalue weighted by molar-refractivity contribution is -0.139. The second-order valence-electron chi connectivity index (χ2n) is 4.03. The van der Waals surface area contributed by atoms with Gasteiger partial charge in [-0.05, 0) is 17.8 Å². The van der Waals surface area contributed by atoms with Gasteiger partial charge in [0.2, 0.25) is 0 Å². The van der Waals surface area contributed by atoms with Gasteiger partial charge in [0.1, 0.15) is 0 Å². The molecule has 11 heavy (non-hydrogen) atoms. The average molecular weight is 156 g/mol. The van der Waals surface area contributed by atoms with Gasteiger partial charge in [-0.3, -0.25) is 4.79 Å². The third kappa shape index (κ3) is 1.26. The molecule has 0 spiro atoms. The number of rotatable bonds is 3. The van der Waals surface area contributed by atoms with E-state index in [0.717, 1.165) is 12.8 Å². The zero-order chi connectivity index (χ0) is 8.65. The fourth-order valence-corrected chi connectivity index (χ4v) is 2.08. The van der Waals surface area contributed by atoms with Gasteiger partial charge in [0.15, 0.2) is 0 Å². The molecule has 2 heteroatoms. The predicted octanol–water partition coefficient (Wildman–Crippen LogP) is 2.14. The van der Waals surface area contributed by atoms with Crippen molar-refractivity contribution in [2.75, 3.05) is 0 Å². The number of carboxylic acids is 1. The minimum absolute atomic E-state index is 0.0574. The quantitative estimate of drug-likeness (QED) is 0.679. The van der Waals surface area contributed by atoms with Crippen molar-refractivity contribution in [1.29, 1.82) is 0 Å². The van der Waals surface area contributed by atoms with Crippen LogP contribution in [0.4, 0.5) is 0 Å². The van der Waals surface area contributed by atoms with Crippen molar-refractivity contribution in [3.8, 4) is 0 Å². The Labute approximate surface area is 67.6 Å². The van der Waals surface area contributed by atoms with E-state index in [1.54, 1.807) is 0 Å². The summed E-state index contributed by atoms with van der Waals surface area (Å²) in [6.07, 6.45) is 2.15. The molecule has 2 nitrogen and oxygen atoms in total. The lowest BCUT2D eigenvalue weighted by Gasteiger charge is -1.98. The second-order valence-corrected chi connectivity index (χ2v) is 4.03. The van der Waals surface area contributed by atoms with Crippen LogP contribution in [0.3, 0.4) is 0 Å². The monoisotopic (exact) mass is 156 g/mol. The maximum absolute atomic E-state index is 10.7. The topological polar surface area (TPSA) is 37.3 Å². The van der Waals surface area contributed by atoms with Gasteiger partial charge >= 0.3 is 5.97 Å². The van der Waals surface area contributed by atoms with Crippen LogP contribution in [-0.4, -0.2) is 11.1 Å². The van der Waals surface area contributed by atoms with Crippen LogP contribution < -0.4 is 0 Å². The maximum Gasteiger partial charge on any atom is 0.307 e. The molecule has 0 heterocycles. The van der Waals surface area contributed by atoms with Crippen LogP contribution >= 0.6 is 0 Å². The summed E-state index contributed by atoms with van der Waals surface area (Å²) in [5.41, 5.74) is 0.0574. The SMILES string of the molecule is CCCC1C(C(=O)O)C1(C)C. The molecule has 64 valence electrons. The fraction of sp³-hybridized carbons (Fsp3) is 0.889. The van der Waals surface area contributed by atoms with E-state index in [1.165, 1.54) is 0 Å². The molecule has 0 aliphatic heterocycles. The van der Waals surface area contributed by atoms with Gasteiger partial charge in [0.05, 0.1) is 5.92 Å². The molecule has 1 aliphatic carbocycles. The Morgan fingerprint density at radius 1 is 1.55 bits per heavy atom. The van der Waals surface area contributed by atoms with Crippen molar-refractivity contribution < 1.29 is 9.90 Å². The maximum atomic E-state index is 10.7. The molecular formula is C9H16O2. The highest BCUT2D eigenvalue weighted by Gasteiger charge is 2.60. The Bertz CT molecular complexity index is 172. The Hall–Kier alpha value is -0.530. The van der Waals surface area contributed by atoms with E-state index in [9.17, 15) is 4.79 Å². The van der Waals surface area contributed by atoms with Gasteiger partial charge in [-0.2, -0.15) is 0 Å². The number of aliphatic carboxylic acids is 1. The van der Waals surface area contributed by atoms with Crippen LogP contribution in [0.5, 0.6) is 0 Å². The van der Waals surface area contributed by atoms with Crippen molar-refractivity contribution >= 4 is 5.97 Å². The van der Waals surface area contributed by atoms with E-state index in [1.807, 2.05) is 13.8 Å². The first-order valence-electron chi connectivity index (χ1n) is 4.24. The number of carbonyl (C=O) groups is 1. The summed E-state index contributed by atoms with van der Waals surface area (Å²) in [5.74, 6) is -0.277. The molecule has 1 fully saturated rings. The molecule has 0 aromatic carbocycles. The van der Waals surface area contributed by atoms with Crippen LogP contribution in [0.15, 0.2) is 0 Å². The third-order valence-electron chi connectivity index (χ3n) is 2.92. The summed E-state index contributed by atoms with van der Waals surface area (Å²) in [7, 11) is 0. The summed E-state index contributed by atoms with van der Waals surface area (Å²) in [6, 6.07) is 0. The molecule has 0 amide bonds. The molecule has 1 saturated carbocycles. The molecule has 2 atom stereocenters. The van der Waals surface area contributed by atoms with Gasteiger partial charge in [-0.15, -0.1) is 0 Å². The summed E-state index contributed by atoms with van der Waals surface area (Å²) in [4.78, 5) is 10.7. The highest BCUT2D eigenvalue weighted by molar-refractivity contribution is 5.75. The molecule has 1 rings (SSSR count). The zero-order valence-electron chi connectivity index (χ0n) is 7.42. The molecular weight excluding hydrogens is 140 g/mol. The standard InChI is InChI=1S/C9H16O2/c1-4-5-6-7(8(10)11)9(6,2)3/h6-7H,4-5H2,1-3H3,(H,10,11). The Balaban J connectivity index is 2.53. The fourth-order valence-electron chi connectivity index (χ4n) is 2.08. The van der Waals surface area contributed by atoms with Crippen LogP contribution in [-0.2, 0) is 4.79 Å². The Morgan fingerprint density at radius 2 is 2.09 bits per heavy atom. The minimum Gasteiger partial charge on any atom is -0.481 e. The first-order valence-corrected chi connectivity index (χ1v) is 4.24. The first kappa shape index (κ1) is 8.57. The first-order chi connectivity index (χ1) is 5.01. The van der Waals surface area contributed by atoms with Crippen molar-refractivity contribution in [2.45, 2.75) is 33.6 Å². The lowest BCUT2D eigenvalue weighted by atomic mass is 10.1. The normalized spacial score (nSPS) is 33.4. The largest absolute Gasteiger partial charge is 0.481 e. The molecule has 1 N–H and O–H groups in total. The molecule has 0 aromatic heterocycles. The van der Waals surface area contributed by atoms with Gasteiger partial charge in [-0.1, -0.05) is 27.2 Å².